The van der Waals surface area contributed by atoms with Gasteiger partial charge in [0.15, 0.2) is 22.4 Å². The number of hydrogen-bond acceptors (Lipinski definition) is 6. The number of fused-ring (bicyclic) bond motifs is 5. The lowest BCUT2D eigenvalue weighted by molar-refractivity contribution is -0.268. The zero-order chi connectivity index (χ0) is 30.2. The van der Waals surface area contributed by atoms with Crippen molar-refractivity contribution in [2.45, 2.75) is 166 Å². The minimum absolute atomic E-state index is 0.0458. The van der Waals surface area contributed by atoms with E-state index < -0.39 is 28.5 Å². The summed E-state index contributed by atoms with van der Waals surface area (Å²) in [5.74, 6) is 0.152. The fourth-order valence-corrected chi connectivity index (χ4v) is 12.7. The van der Waals surface area contributed by atoms with Crippen LogP contribution in [0.5, 0.6) is 0 Å². The van der Waals surface area contributed by atoms with Gasteiger partial charge in [0.2, 0.25) is 0 Å². The molecule has 4 aliphatic carbocycles. The van der Waals surface area contributed by atoms with E-state index >= 15 is 0 Å². The van der Waals surface area contributed by atoms with E-state index in [1.807, 2.05) is 0 Å². The fourth-order valence-electron chi connectivity index (χ4n) is 9.94. The maximum Gasteiger partial charge on any atom is 0.192 e. The lowest BCUT2D eigenvalue weighted by Gasteiger charge is -2.64. The molecular weight excluding hydrogens is 549 g/mol. The first-order chi connectivity index (χ1) is 18.6. The molecule has 0 radical (unpaired) electrons. The van der Waals surface area contributed by atoms with Gasteiger partial charge in [0.25, 0.3) is 0 Å². The molecule has 2 spiro atoms. The van der Waals surface area contributed by atoms with Crippen LogP contribution >= 0.6 is 0 Å². The Bertz CT molecular complexity index is 1040. The summed E-state index contributed by atoms with van der Waals surface area (Å²) in [6, 6.07) is 0. The van der Waals surface area contributed by atoms with Gasteiger partial charge >= 0.3 is 0 Å². The Hall–Kier alpha value is 0.194. The van der Waals surface area contributed by atoms with Gasteiger partial charge in [-0.2, -0.15) is 0 Å². The molecule has 4 saturated carbocycles. The molecule has 6 fully saturated rings. The molecule has 0 aromatic heterocycles. The van der Waals surface area contributed by atoms with Crippen molar-refractivity contribution < 1.29 is 28.2 Å². The van der Waals surface area contributed by atoms with Crippen molar-refractivity contribution in [1.29, 1.82) is 0 Å². The van der Waals surface area contributed by atoms with Crippen LogP contribution in [0, 0.1) is 28.6 Å². The van der Waals surface area contributed by atoms with Crippen LogP contribution in [0.2, 0.25) is 36.3 Å². The van der Waals surface area contributed by atoms with E-state index in [2.05, 4.69) is 81.6 Å². The fraction of sp³-hybridized carbons (Fsp3) is 1.00. The van der Waals surface area contributed by atoms with Gasteiger partial charge in [-0.25, -0.2) is 0 Å². The van der Waals surface area contributed by atoms with E-state index in [0.29, 0.717) is 19.1 Å². The molecule has 2 saturated heterocycles. The van der Waals surface area contributed by atoms with Gasteiger partial charge in [0.05, 0.1) is 19.3 Å². The molecule has 0 amide bonds. The summed E-state index contributed by atoms with van der Waals surface area (Å²) in [5, 5.41) is 12.6. The van der Waals surface area contributed by atoms with Crippen LogP contribution < -0.4 is 0 Å². The van der Waals surface area contributed by atoms with E-state index in [-0.39, 0.29) is 56.7 Å². The molecule has 0 aromatic rings. The Morgan fingerprint density at radius 1 is 0.780 bits per heavy atom. The van der Waals surface area contributed by atoms with Gasteiger partial charge in [-0.3, -0.25) is 0 Å². The number of hydrogen-bond donors (Lipinski definition) is 1. The molecule has 0 bridgehead atoms. The molecule has 8 heteroatoms. The van der Waals surface area contributed by atoms with Crippen molar-refractivity contribution in [3.05, 3.63) is 0 Å². The maximum absolute atomic E-state index is 12.3. The highest BCUT2D eigenvalue weighted by Crippen LogP contribution is 2.75. The Balaban J connectivity index is 1.39. The second-order valence-corrected chi connectivity index (χ2v) is 27.8. The van der Waals surface area contributed by atoms with Crippen LogP contribution in [0.15, 0.2) is 0 Å². The summed E-state index contributed by atoms with van der Waals surface area (Å²) in [6.45, 7) is 29.7. The van der Waals surface area contributed by atoms with Crippen LogP contribution in [0.1, 0.15) is 93.9 Å². The second kappa shape index (κ2) is 9.14. The highest BCUT2D eigenvalue weighted by atomic mass is 28.4. The monoisotopic (exact) mass is 608 g/mol. The van der Waals surface area contributed by atoms with E-state index in [1.54, 1.807) is 0 Å². The highest BCUT2D eigenvalue weighted by molar-refractivity contribution is 6.74. The maximum atomic E-state index is 12.3. The number of ether oxygens (including phenoxy) is 3. The van der Waals surface area contributed by atoms with E-state index in [9.17, 15) is 5.11 Å². The van der Waals surface area contributed by atoms with Crippen molar-refractivity contribution in [2.24, 2.45) is 28.6 Å². The van der Waals surface area contributed by atoms with Crippen LogP contribution in [0.25, 0.3) is 0 Å². The first-order valence-electron chi connectivity index (χ1n) is 16.6. The quantitative estimate of drug-likeness (QED) is 0.268. The smallest absolute Gasteiger partial charge is 0.192 e. The number of aliphatic hydroxyl groups excluding tert-OH is 1. The second-order valence-electron chi connectivity index (χ2n) is 18.3. The summed E-state index contributed by atoms with van der Waals surface area (Å²) in [7, 11) is -4.02. The van der Waals surface area contributed by atoms with E-state index in [0.717, 1.165) is 38.5 Å². The molecule has 1 N–H and O–H groups in total. The summed E-state index contributed by atoms with van der Waals surface area (Å²) >= 11 is 0. The summed E-state index contributed by atoms with van der Waals surface area (Å²) < 4.78 is 34.4. The van der Waals surface area contributed by atoms with E-state index in [1.165, 1.54) is 0 Å². The first kappa shape index (κ1) is 31.2. The Labute approximate surface area is 252 Å². The van der Waals surface area contributed by atoms with Crippen molar-refractivity contribution in [2.75, 3.05) is 13.2 Å². The minimum Gasteiger partial charge on any atom is -0.414 e. The Kier molecular flexibility index (Phi) is 6.95. The van der Waals surface area contributed by atoms with Crippen molar-refractivity contribution in [3.8, 4) is 0 Å². The summed E-state index contributed by atoms with van der Waals surface area (Å²) in [4.78, 5) is 0. The van der Waals surface area contributed by atoms with Crippen LogP contribution in [-0.4, -0.2) is 70.8 Å². The summed E-state index contributed by atoms with van der Waals surface area (Å²) in [5.41, 5.74) is -0.568. The molecule has 2 aliphatic heterocycles. The lowest BCUT2D eigenvalue weighted by atomic mass is 9.43. The van der Waals surface area contributed by atoms with Crippen molar-refractivity contribution in [1.82, 2.24) is 0 Å². The third-order valence-corrected chi connectivity index (χ3v) is 23.4. The van der Waals surface area contributed by atoms with Gasteiger partial charge < -0.3 is 28.2 Å². The highest BCUT2D eigenvalue weighted by Gasteiger charge is 2.82. The van der Waals surface area contributed by atoms with Crippen molar-refractivity contribution >= 4 is 16.6 Å². The standard InChI is InChI=1S/C33H60O6Si2/c1-28(2,3)40(9,10)38-21-13-15-30(7)25-23(39-41(11,12)29(4,5)6)20-31(8)22(14-16-33(31)35-17-18-36-33)24(25)26(34)27-32(30,19-21)37-27/h21-27,34H,13-20H2,1-12H3/t21-,22-,23-,24-,25-,26+,27+,30+,31-,32+/m0/s1. The molecule has 41 heavy (non-hydrogen) atoms. The molecule has 6 rings (SSSR count). The SMILES string of the molecule is CC(C)(C)[Si](C)(C)O[C@H]1CC[C@]2(C)[C@@H]3[C@@H]([C@@H](O)[C@H]4O[C@]42C1)[C@@H]1CCC2(OCCO2)[C@@]1(C)C[C@@H]3O[Si](C)(C)C(C)(C)C. The Morgan fingerprint density at radius 2 is 1.37 bits per heavy atom. The zero-order valence-electron chi connectivity index (χ0n) is 28.2. The number of epoxide rings is 1. The van der Waals surface area contributed by atoms with Crippen molar-refractivity contribution in [3.63, 3.8) is 0 Å². The lowest BCUT2D eigenvalue weighted by Crippen LogP contribution is -2.69. The Morgan fingerprint density at radius 3 is 1.95 bits per heavy atom. The zero-order valence-corrected chi connectivity index (χ0v) is 30.2. The molecule has 236 valence electrons. The van der Waals surface area contributed by atoms with Gasteiger partial charge in [-0.05, 0) is 79.7 Å². The average Bonchev–Trinajstić information content (AvgIpc) is 3.21. The predicted octanol–water partition coefficient (Wildman–Crippen LogP) is 7.27. The van der Waals surface area contributed by atoms with Gasteiger partial charge in [0.1, 0.15) is 11.7 Å². The average molecular weight is 609 g/mol. The predicted molar refractivity (Wildman–Crippen MR) is 167 cm³/mol. The minimum atomic E-state index is -2.11. The normalized spacial score (nSPS) is 47.5. The molecule has 6 aliphatic rings. The number of aliphatic hydroxyl groups is 1. The van der Waals surface area contributed by atoms with Gasteiger partial charge in [0, 0.05) is 35.9 Å². The van der Waals surface area contributed by atoms with E-state index in [4.69, 9.17) is 23.1 Å². The molecule has 0 aromatic carbocycles. The molecule has 0 unspecified atom stereocenters. The third kappa shape index (κ3) is 4.20. The summed E-state index contributed by atoms with van der Waals surface area (Å²) in [6.07, 6.45) is 5.53. The largest absolute Gasteiger partial charge is 0.414 e. The van der Waals surface area contributed by atoms with Crippen LogP contribution in [0.4, 0.5) is 0 Å². The molecule has 10 atom stereocenters. The van der Waals surface area contributed by atoms with Gasteiger partial charge in [-0.1, -0.05) is 55.4 Å². The van der Waals surface area contributed by atoms with Crippen LogP contribution in [0.3, 0.4) is 0 Å². The van der Waals surface area contributed by atoms with Gasteiger partial charge in [-0.15, -0.1) is 0 Å². The van der Waals surface area contributed by atoms with Crippen LogP contribution in [-0.2, 0) is 23.1 Å². The molecule has 2 heterocycles. The topological polar surface area (TPSA) is 69.7 Å². The third-order valence-electron chi connectivity index (χ3n) is 14.3. The molecular formula is C33H60O6Si2. The number of rotatable bonds is 4. The molecule has 6 nitrogen and oxygen atoms in total. The first-order valence-corrected chi connectivity index (χ1v) is 22.5.